The molecule has 166 valence electrons. The largest absolute Gasteiger partial charge is 0.496 e. The number of methoxy groups -OCH3 is 1. The Hall–Kier alpha value is -3.65. The zero-order valence-electron chi connectivity index (χ0n) is 18.0. The first-order valence-electron chi connectivity index (χ1n) is 9.94. The standard InChI is InChI=1S/C24H25N3O4S/c1-4-13-27(24-25-20(16-32-24)19-7-5-6-8-21(19)31-3)14-17-9-11-18(12-10-17)23(30)26(2)15-22(28)29/h4-12,16H,1,13-15H2,2-3H3,(H,28,29). The van der Waals surface area contributed by atoms with Crippen molar-refractivity contribution in [2.75, 3.05) is 32.1 Å². The molecular weight excluding hydrogens is 426 g/mol. The SMILES string of the molecule is C=CCN(Cc1ccc(C(=O)N(C)CC(=O)O)cc1)c1nc(-c2ccccc2OC)cs1. The Bertz CT molecular complexity index is 1090. The van der Waals surface area contributed by atoms with E-state index in [-0.39, 0.29) is 12.5 Å². The highest BCUT2D eigenvalue weighted by Crippen LogP contribution is 2.33. The Balaban J connectivity index is 1.76. The predicted molar refractivity (Wildman–Crippen MR) is 126 cm³/mol. The molecule has 32 heavy (non-hydrogen) atoms. The Morgan fingerprint density at radius 2 is 1.91 bits per heavy atom. The summed E-state index contributed by atoms with van der Waals surface area (Å²) in [5.74, 6) is -0.607. The molecule has 0 radical (unpaired) electrons. The lowest BCUT2D eigenvalue weighted by atomic mass is 10.1. The van der Waals surface area contributed by atoms with Gasteiger partial charge in [0.2, 0.25) is 0 Å². The van der Waals surface area contributed by atoms with Crippen LogP contribution >= 0.6 is 11.3 Å². The summed E-state index contributed by atoms with van der Waals surface area (Å²) in [7, 11) is 3.11. The molecule has 0 saturated carbocycles. The number of benzene rings is 2. The molecule has 2 aromatic carbocycles. The topological polar surface area (TPSA) is 83.0 Å². The summed E-state index contributed by atoms with van der Waals surface area (Å²) in [6.45, 7) is 4.72. The minimum absolute atomic E-state index is 0.330. The van der Waals surface area contributed by atoms with Crippen LogP contribution in [0.4, 0.5) is 5.13 Å². The van der Waals surface area contributed by atoms with Gasteiger partial charge in [0.05, 0.1) is 12.8 Å². The second kappa shape index (κ2) is 10.6. The third kappa shape index (κ3) is 5.53. The summed E-state index contributed by atoms with van der Waals surface area (Å²) in [6, 6.07) is 14.9. The molecule has 1 amide bonds. The van der Waals surface area contributed by atoms with Gasteiger partial charge in [-0.1, -0.05) is 30.3 Å². The van der Waals surface area contributed by atoms with Crippen molar-refractivity contribution in [1.82, 2.24) is 9.88 Å². The fourth-order valence-corrected chi connectivity index (χ4v) is 4.06. The molecule has 1 heterocycles. The van der Waals surface area contributed by atoms with Gasteiger partial charge in [-0.2, -0.15) is 0 Å². The highest BCUT2D eigenvalue weighted by Gasteiger charge is 2.16. The van der Waals surface area contributed by atoms with E-state index in [1.165, 1.54) is 11.9 Å². The number of aromatic nitrogens is 1. The molecular formula is C24H25N3O4S. The Morgan fingerprint density at radius 1 is 1.19 bits per heavy atom. The number of ether oxygens (including phenoxy) is 1. The van der Waals surface area contributed by atoms with Crippen molar-refractivity contribution < 1.29 is 19.4 Å². The second-order valence-corrected chi connectivity index (χ2v) is 7.97. The summed E-state index contributed by atoms with van der Waals surface area (Å²) in [5, 5.41) is 11.7. The van der Waals surface area contributed by atoms with Gasteiger partial charge < -0.3 is 19.6 Å². The van der Waals surface area contributed by atoms with Gasteiger partial charge in [-0.15, -0.1) is 17.9 Å². The lowest BCUT2D eigenvalue weighted by Crippen LogP contribution is -2.31. The highest BCUT2D eigenvalue weighted by molar-refractivity contribution is 7.14. The minimum atomic E-state index is -1.05. The van der Waals surface area contributed by atoms with Crippen molar-refractivity contribution >= 4 is 28.3 Å². The van der Waals surface area contributed by atoms with Crippen LogP contribution in [0.2, 0.25) is 0 Å². The number of hydrogen-bond donors (Lipinski definition) is 1. The first-order chi connectivity index (χ1) is 15.4. The number of carbonyl (C=O) groups excluding carboxylic acids is 1. The van der Waals surface area contributed by atoms with Gasteiger partial charge in [-0.3, -0.25) is 9.59 Å². The van der Waals surface area contributed by atoms with E-state index >= 15 is 0 Å². The molecule has 0 spiro atoms. The summed E-state index contributed by atoms with van der Waals surface area (Å²) < 4.78 is 5.45. The number of likely N-dealkylation sites (N-methyl/N-ethyl adjacent to an activating group) is 1. The summed E-state index contributed by atoms with van der Waals surface area (Å²) in [6.07, 6.45) is 1.82. The fourth-order valence-electron chi connectivity index (χ4n) is 3.22. The van der Waals surface area contributed by atoms with E-state index < -0.39 is 5.97 Å². The van der Waals surface area contributed by atoms with Crippen molar-refractivity contribution in [2.45, 2.75) is 6.54 Å². The van der Waals surface area contributed by atoms with Gasteiger partial charge in [0, 0.05) is 36.6 Å². The van der Waals surface area contributed by atoms with Gasteiger partial charge in [-0.25, -0.2) is 4.98 Å². The molecule has 0 saturated heterocycles. The second-order valence-electron chi connectivity index (χ2n) is 7.14. The molecule has 0 aliphatic carbocycles. The quantitative estimate of drug-likeness (QED) is 0.466. The number of anilines is 1. The number of rotatable bonds is 10. The molecule has 3 aromatic rings. The lowest BCUT2D eigenvalue weighted by molar-refractivity contribution is -0.137. The number of carbonyl (C=O) groups is 2. The van der Waals surface area contributed by atoms with Crippen molar-refractivity contribution in [3.05, 3.63) is 77.7 Å². The van der Waals surface area contributed by atoms with Crippen molar-refractivity contribution in [3.63, 3.8) is 0 Å². The van der Waals surface area contributed by atoms with Gasteiger partial charge in [0.25, 0.3) is 5.91 Å². The van der Waals surface area contributed by atoms with Crippen LogP contribution < -0.4 is 9.64 Å². The number of aliphatic carboxylic acids is 1. The van der Waals surface area contributed by atoms with E-state index in [9.17, 15) is 9.59 Å². The normalized spacial score (nSPS) is 10.4. The number of thiazole rings is 1. The number of carboxylic acids is 1. The van der Waals surface area contributed by atoms with Gasteiger partial charge in [-0.05, 0) is 29.8 Å². The Morgan fingerprint density at radius 3 is 2.56 bits per heavy atom. The summed E-state index contributed by atoms with van der Waals surface area (Å²) >= 11 is 1.54. The maximum absolute atomic E-state index is 12.3. The van der Waals surface area contributed by atoms with E-state index in [1.54, 1.807) is 30.6 Å². The molecule has 1 N–H and O–H groups in total. The van der Waals surface area contributed by atoms with Crippen LogP contribution in [0.1, 0.15) is 15.9 Å². The lowest BCUT2D eigenvalue weighted by Gasteiger charge is -2.20. The minimum Gasteiger partial charge on any atom is -0.496 e. The maximum atomic E-state index is 12.3. The van der Waals surface area contributed by atoms with E-state index in [1.807, 2.05) is 47.9 Å². The maximum Gasteiger partial charge on any atom is 0.323 e. The van der Waals surface area contributed by atoms with Crippen LogP contribution in [0.3, 0.4) is 0 Å². The summed E-state index contributed by atoms with van der Waals surface area (Å²) in [5.41, 5.74) is 3.22. The fraction of sp³-hybridized carbons (Fsp3) is 0.208. The van der Waals surface area contributed by atoms with E-state index in [2.05, 4.69) is 11.5 Å². The van der Waals surface area contributed by atoms with E-state index in [0.717, 1.165) is 27.7 Å². The molecule has 0 aliphatic heterocycles. The van der Waals surface area contributed by atoms with Crippen molar-refractivity contribution in [1.29, 1.82) is 0 Å². The molecule has 8 heteroatoms. The van der Waals surface area contributed by atoms with Crippen LogP contribution in [0, 0.1) is 0 Å². The number of carboxylic acid groups (broad SMARTS) is 1. The average molecular weight is 452 g/mol. The van der Waals surface area contributed by atoms with E-state index in [4.69, 9.17) is 14.8 Å². The number of hydrogen-bond acceptors (Lipinski definition) is 6. The molecule has 7 nitrogen and oxygen atoms in total. The smallest absolute Gasteiger partial charge is 0.323 e. The van der Waals surface area contributed by atoms with Gasteiger partial charge in [0.15, 0.2) is 5.13 Å². The first kappa shape index (κ1) is 23.0. The van der Waals surface area contributed by atoms with Crippen LogP contribution in [0.5, 0.6) is 5.75 Å². The third-order valence-corrected chi connectivity index (χ3v) is 5.69. The van der Waals surface area contributed by atoms with E-state index in [0.29, 0.717) is 18.7 Å². The van der Waals surface area contributed by atoms with Crippen LogP contribution in [0.25, 0.3) is 11.3 Å². The molecule has 0 atom stereocenters. The molecule has 3 rings (SSSR count). The summed E-state index contributed by atoms with van der Waals surface area (Å²) in [4.78, 5) is 31.3. The zero-order valence-corrected chi connectivity index (χ0v) is 18.8. The monoisotopic (exact) mass is 451 g/mol. The number of para-hydroxylation sites is 1. The van der Waals surface area contributed by atoms with Gasteiger partial charge >= 0.3 is 5.97 Å². The molecule has 0 bridgehead atoms. The number of amides is 1. The van der Waals surface area contributed by atoms with Crippen molar-refractivity contribution in [3.8, 4) is 17.0 Å². The molecule has 0 aliphatic rings. The van der Waals surface area contributed by atoms with Crippen LogP contribution in [0.15, 0.2) is 66.6 Å². The first-order valence-corrected chi connectivity index (χ1v) is 10.8. The number of nitrogens with zero attached hydrogens (tertiary/aromatic N) is 3. The van der Waals surface area contributed by atoms with Crippen LogP contribution in [-0.4, -0.2) is 54.1 Å². The molecule has 0 fully saturated rings. The third-order valence-electron chi connectivity index (χ3n) is 4.79. The van der Waals surface area contributed by atoms with Crippen molar-refractivity contribution in [2.24, 2.45) is 0 Å². The molecule has 1 aromatic heterocycles. The Kier molecular flexibility index (Phi) is 7.62. The zero-order chi connectivity index (χ0) is 23.1. The average Bonchev–Trinajstić information content (AvgIpc) is 3.28. The molecule has 0 unspecified atom stereocenters. The highest BCUT2D eigenvalue weighted by atomic mass is 32.1. The van der Waals surface area contributed by atoms with Gasteiger partial charge in [0.1, 0.15) is 12.3 Å². The Labute approximate surface area is 191 Å². The van der Waals surface area contributed by atoms with Crippen LogP contribution in [-0.2, 0) is 11.3 Å². The predicted octanol–water partition coefficient (Wildman–Crippen LogP) is 4.17.